The van der Waals surface area contributed by atoms with Gasteiger partial charge < -0.3 is 10.6 Å². The highest BCUT2D eigenvalue weighted by molar-refractivity contribution is 7.89. The van der Waals surface area contributed by atoms with E-state index in [9.17, 15) is 8.42 Å². The average Bonchev–Trinajstić information content (AvgIpc) is 2.80. The summed E-state index contributed by atoms with van der Waals surface area (Å²) in [5.41, 5.74) is 7.24. The molecule has 0 amide bonds. The van der Waals surface area contributed by atoms with Crippen LogP contribution in [0.2, 0.25) is 0 Å². The number of rotatable bonds is 4. The van der Waals surface area contributed by atoms with Gasteiger partial charge in [0.25, 0.3) is 0 Å². The highest BCUT2D eigenvalue weighted by Crippen LogP contribution is 2.30. The Morgan fingerprint density at radius 2 is 1.95 bits per heavy atom. The minimum atomic E-state index is -3.69. The molecule has 0 atom stereocenters. The molecular weight excluding hydrogens is 262 g/mol. The van der Waals surface area contributed by atoms with Crippen molar-refractivity contribution in [1.82, 2.24) is 0 Å². The third-order valence-electron chi connectivity index (χ3n) is 3.75. The van der Waals surface area contributed by atoms with Crippen LogP contribution in [0.1, 0.15) is 25.7 Å². The monoisotopic (exact) mass is 283 g/mol. The maximum atomic E-state index is 11.4. The lowest BCUT2D eigenvalue weighted by molar-refractivity contribution is 0.547. The quantitative estimate of drug-likeness (QED) is 0.820. The predicted octanol–water partition coefficient (Wildman–Crippen LogP) is 1.54. The van der Waals surface area contributed by atoms with E-state index in [1.165, 1.54) is 31.7 Å². The smallest absolute Gasteiger partial charge is 0.238 e. The van der Waals surface area contributed by atoms with E-state index < -0.39 is 10.0 Å². The molecular formula is C13H21N3O2S. The molecule has 2 rings (SSSR count). The van der Waals surface area contributed by atoms with Gasteiger partial charge in [-0.3, -0.25) is 0 Å². The first-order chi connectivity index (χ1) is 8.88. The van der Waals surface area contributed by atoms with E-state index in [2.05, 4.69) is 0 Å². The number of primary sulfonamides is 1. The number of nitrogens with zero attached hydrogens (tertiary/aromatic N) is 1. The van der Waals surface area contributed by atoms with Crippen molar-refractivity contribution in [3.05, 3.63) is 18.2 Å². The Hall–Kier alpha value is -1.27. The van der Waals surface area contributed by atoms with Crippen LogP contribution in [-0.4, -0.2) is 22.0 Å². The van der Waals surface area contributed by atoms with Crippen LogP contribution < -0.4 is 15.8 Å². The van der Waals surface area contributed by atoms with E-state index in [1.807, 2.05) is 11.9 Å². The molecule has 0 radical (unpaired) electrons. The molecule has 5 nitrogen and oxygen atoms in total. The molecule has 1 aromatic carbocycles. The van der Waals surface area contributed by atoms with E-state index >= 15 is 0 Å². The van der Waals surface area contributed by atoms with Gasteiger partial charge in [0.15, 0.2) is 0 Å². The fourth-order valence-electron chi connectivity index (χ4n) is 2.71. The Kier molecular flexibility index (Phi) is 4.01. The molecule has 1 fully saturated rings. The molecule has 19 heavy (non-hydrogen) atoms. The van der Waals surface area contributed by atoms with Crippen LogP contribution in [0.25, 0.3) is 0 Å². The molecule has 6 heteroatoms. The molecule has 1 aliphatic carbocycles. The second-order valence-corrected chi connectivity index (χ2v) is 6.86. The van der Waals surface area contributed by atoms with Gasteiger partial charge >= 0.3 is 0 Å². The maximum absolute atomic E-state index is 11.4. The standard InChI is InChI=1S/C13H21N3O2S/c1-16(9-10-4-2-3-5-10)13-8-11(19(15,17)18)6-7-12(13)14/h6-8,10H,2-5,9,14H2,1H3,(H2,15,17,18). The summed E-state index contributed by atoms with van der Waals surface area (Å²) in [6.07, 6.45) is 5.04. The Morgan fingerprint density at radius 1 is 1.32 bits per heavy atom. The summed E-state index contributed by atoms with van der Waals surface area (Å²) in [4.78, 5) is 2.13. The van der Waals surface area contributed by atoms with Gasteiger partial charge in [-0.15, -0.1) is 0 Å². The number of sulfonamides is 1. The van der Waals surface area contributed by atoms with Gasteiger partial charge in [-0.25, -0.2) is 13.6 Å². The SMILES string of the molecule is CN(CC1CCCC1)c1cc(S(N)(=O)=O)ccc1N. The second kappa shape index (κ2) is 5.38. The molecule has 0 unspecified atom stereocenters. The van der Waals surface area contributed by atoms with Crippen LogP contribution in [0.5, 0.6) is 0 Å². The zero-order valence-electron chi connectivity index (χ0n) is 11.2. The van der Waals surface area contributed by atoms with Gasteiger partial charge in [0.05, 0.1) is 16.3 Å². The lowest BCUT2D eigenvalue weighted by Crippen LogP contribution is -2.25. The molecule has 0 spiro atoms. The zero-order chi connectivity index (χ0) is 14.0. The largest absolute Gasteiger partial charge is 0.397 e. The number of anilines is 2. The number of benzene rings is 1. The number of hydrogen-bond donors (Lipinski definition) is 2. The van der Waals surface area contributed by atoms with Crippen LogP contribution in [0.15, 0.2) is 23.1 Å². The molecule has 4 N–H and O–H groups in total. The van der Waals surface area contributed by atoms with Gasteiger partial charge in [-0.2, -0.15) is 0 Å². The van der Waals surface area contributed by atoms with E-state index in [4.69, 9.17) is 10.9 Å². The Balaban J connectivity index is 2.22. The van der Waals surface area contributed by atoms with Crippen molar-refractivity contribution in [2.75, 3.05) is 24.2 Å². The average molecular weight is 283 g/mol. The van der Waals surface area contributed by atoms with Crippen molar-refractivity contribution in [3.8, 4) is 0 Å². The Labute approximate surface area is 114 Å². The molecule has 0 aromatic heterocycles. The molecule has 0 heterocycles. The van der Waals surface area contributed by atoms with Gasteiger partial charge in [0, 0.05) is 13.6 Å². The summed E-state index contributed by atoms with van der Waals surface area (Å²) >= 11 is 0. The topological polar surface area (TPSA) is 89.4 Å². The maximum Gasteiger partial charge on any atom is 0.238 e. The third-order valence-corrected chi connectivity index (χ3v) is 4.66. The van der Waals surface area contributed by atoms with Crippen LogP contribution >= 0.6 is 0 Å². The molecule has 1 saturated carbocycles. The summed E-state index contributed by atoms with van der Waals surface area (Å²) in [5.74, 6) is 0.669. The van der Waals surface area contributed by atoms with Crippen molar-refractivity contribution >= 4 is 21.4 Å². The molecule has 0 bridgehead atoms. The van der Waals surface area contributed by atoms with E-state index in [-0.39, 0.29) is 4.90 Å². The van der Waals surface area contributed by atoms with Crippen LogP contribution in [0, 0.1) is 5.92 Å². The van der Waals surface area contributed by atoms with E-state index in [0.29, 0.717) is 11.6 Å². The lowest BCUT2D eigenvalue weighted by atomic mass is 10.1. The predicted molar refractivity (Wildman–Crippen MR) is 77.5 cm³/mol. The highest BCUT2D eigenvalue weighted by atomic mass is 32.2. The van der Waals surface area contributed by atoms with Crippen molar-refractivity contribution < 1.29 is 8.42 Å². The van der Waals surface area contributed by atoms with Crippen molar-refractivity contribution in [3.63, 3.8) is 0 Å². The fraction of sp³-hybridized carbons (Fsp3) is 0.538. The van der Waals surface area contributed by atoms with Gasteiger partial charge in [0.2, 0.25) is 10.0 Å². The highest BCUT2D eigenvalue weighted by Gasteiger charge is 2.19. The van der Waals surface area contributed by atoms with Crippen LogP contribution in [0.3, 0.4) is 0 Å². The first-order valence-corrected chi connectivity index (χ1v) is 8.06. The molecule has 106 valence electrons. The first-order valence-electron chi connectivity index (χ1n) is 6.51. The van der Waals surface area contributed by atoms with E-state index in [1.54, 1.807) is 12.1 Å². The summed E-state index contributed by atoms with van der Waals surface area (Å²) in [6.45, 7) is 0.901. The number of nitrogens with two attached hydrogens (primary N) is 2. The Morgan fingerprint density at radius 3 is 2.53 bits per heavy atom. The second-order valence-electron chi connectivity index (χ2n) is 5.30. The lowest BCUT2D eigenvalue weighted by Gasteiger charge is -2.24. The van der Waals surface area contributed by atoms with Crippen molar-refractivity contribution in [1.29, 1.82) is 0 Å². The number of nitrogen functional groups attached to an aromatic ring is 1. The Bertz CT molecular complexity index is 551. The minimum Gasteiger partial charge on any atom is -0.397 e. The van der Waals surface area contributed by atoms with Crippen LogP contribution in [0.4, 0.5) is 11.4 Å². The molecule has 1 aliphatic rings. The minimum absolute atomic E-state index is 0.106. The van der Waals surface area contributed by atoms with Crippen molar-refractivity contribution in [2.45, 2.75) is 30.6 Å². The third kappa shape index (κ3) is 3.39. The number of hydrogen-bond acceptors (Lipinski definition) is 4. The first kappa shape index (κ1) is 14.1. The summed E-state index contributed by atoms with van der Waals surface area (Å²) < 4.78 is 22.8. The fourth-order valence-corrected chi connectivity index (χ4v) is 3.24. The molecule has 0 saturated heterocycles. The molecule has 1 aromatic rings. The normalized spacial score (nSPS) is 16.7. The summed E-state index contributed by atoms with van der Waals surface area (Å²) in [6, 6.07) is 4.59. The summed E-state index contributed by atoms with van der Waals surface area (Å²) in [5, 5.41) is 5.15. The summed E-state index contributed by atoms with van der Waals surface area (Å²) in [7, 11) is -1.74. The zero-order valence-corrected chi connectivity index (χ0v) is 12.0. The van der Waals surface area contributed by atoms with Gasteiger partial charge in [-0.1, -0.05) is 12.8 Å². The molecule has 0 aliphatic heterocycles. The van der Waals surface area contributed by atoms with E-state index in [0.717, 1.165) is 12.2 Å². The van der Waals surface area contributed by atoms with Gasteiger partial charge in [0.1, 0.15) is 0 Å². The van der Waals surface area contributed by atoms with Crippen LogP contribution in [-0.2, 0) is 10.0 Å². The van der Waals surface area contributed by atoms with Gasteiger partial charge in [-0.05, 0) is 37.0 Å². The van der Waals surface area contributed by atoms with Crippen molar-refractivity contribution in [2.24, 2.45) is 11.1 Å².